The number of guanidine groups is 1. The lowest BCUT2D eigenvalue weighted by molar-refractivity contribution is 0.0793. The van der Waals surface area contributed by atoms with Gasteiger partial charge in [-0.25, -0.2) is 0 Å². The van der Waals surface area contributed by atoms with Gasteiger partial charge in [0.2, 0.25) is 0 Å². The van der Waals surface area contributed by atoms with Crippen LogP contribution in [-0.2, 0) is 4.74 Å². The van der Waals surface area contributed by atoms with Crippen LogP contribution in [0.5, 0.6) is 0 Å². The van der Waals surface area contributed by atoms with Crippen LogP contribution in [0.25, 0.3) is 0 Å². The van der Waals surface area contributed by atoms with Gasteiger partial charge in [-0.2, -0.15) is 11.8 Å². The van der Waals surface area contributed by atoms with Gasteiger partial charge >= 0.3 is 0 Å². The van der Waals surface area contributed by atoms with Crippen molar-refractivity contribution in [1.82, 2.24) is 10.2 Å². The SMILES string of the molecule is CCNC(=NCC1(SC)CCOCC1)N1CCN(c2cccc(C)c2C)CC1. The molecular formula is C22H36N4OS. The van der Waals surface area contributed by atoms with E-state index in [9.17, 15) is 0 Å². The molecule has 1 N–H and O–H groups in total. The minimum absolute atomic E-state index is 0.236. The minimum atomic E-state index is 0.236. The van der Waals surface area contributed by atoms with E-state index in [4.69, 9.17) is 9.73 Å². The summed E-state index contributed by atoms with van der Waals surface area (Å²) in [5.74, 6) is 1.07. The second-order valence-electron chi connectivity index (χ2n) is 7.86. The summed E-state index contributed by atoms with van der Waals surface area (Å²) < 4.78 is 5.81. The molecule has 1 aromatic carbocycles. The highest BCUT2D eigenvalue weighted by atomic mass is 32.2. The van der Waals surface area contributed by atoms with E-state index in [1.807, 2.05) is 11.8 Å². The number of nitrogens with one attached hydrogen (secondary N) is 1. The first-order valence-electron chi connectivity index (χ1n) is 10.6. The summed E-state index contributed by atoms with van der Waals surface area (Å²) in [6.45, 7) is 14.2. The molecule has 0 spiro atoms. The Morgan fingerprint density at radius 2 is 1.89 bits per heavy atom. The van der Waals surface area contributed by atoms with Crippen LogP contribution in [0.3, 0.4) is 0 Å². The largest absolute Gasteiger partial charge is 0.381 e. The van der Waals surface area contributed by atoms with Crippen molar-refractivity contribution in [2.24, 2.45) is 4.99 Å². The fourth-order valence-corrected chi connectivity index (χ4v) is 4.82. The predicted octanol–water partition coefficient (Wildman–Crippen LogP) is 3.30. The molecule has 2 fully saturated rings. The predicted molar refractivity (Wildman–Crippen MR) is 122 cm³/mol. The first-order valence-corrected chi connectivity index (χ1v) is 11.8. The Kier molecular flexibility index (Phi) is 7.52. The third kappa shape index (κ3) is 4.95. The third-order valence-electron chi connectivity index (χ3n) is 6.18. The van der Waals surface area contributed by atoms with E-state index >= 15 is 0 Å². The molecule has 0 atom stereocenters. The number of piperazine rings is 1. The molecule has 0 saturated carbocycles. The number of aliphatic imine (C=N–C) groups is 1. The fraction of sp³-hybridized carbons (Fsp3) is 0.682. The molecule has 156 valence electrons. The van der Waals surface area contributed by atoms with Crippen molar-refractivity contribution >= 4 is 23.4 Å². The topological polar surface area (TPSA) is 40.1 Å². The maximum Gasteiger partial charge on any atom is 0.194 e. The molecule has 1 aromatic rings. The smallest absolute Gasteiger partial charge is 0.194 e. The number of hydrogen-bond donors (Lipinski definition) is 1. The van der Waals surface area contributed by atoms with Gasteiger partial charge in [0.05, 0.1) is 6.54 Å². The van der Waals surface area contributed by atoms with Crippen LogP contribution in [-0.4, -0.2) is 74.3 Å². The van der Waals surface area contributed by atoms with E-state index in [-0.39, 0.29) is 4.75 Å². The van der Waals surface area contributed by atoms with Crippen molar-refractivity contribution in [1.29, 1.82) is 0 Å². The van der Waals surface area contributed by atoms with Crippen LogP contribution in [0.4, 0.5) is 5.69 Å². The maximum atomic E-state index is 5.58. The molecule has 2 aliphatic rings. The van der Waals surface area contributed by atoms with Crippen molar-refractivity contribution < 1.29 is 4.74 Å². The van der Waals surface area contributed by atoms with E-state index < -0.39 is 0 Å². The first kappa shape index (κ1) is 21.3. The molecule has 2 aliphatic heterocycles. The van der Waals surface area contributed by atoms with Crippen LogP contribution in [0, 0.1) is 13.8 Å². The second kappa shape index (κ2) is 9.88. The highest BCUT2D eigenvalue weighted by Gasteiger charge is 2.32. The average Bonchev–Trinajstić information content (AvgIpc) is 2.74. The van der Waals surface area contributed by atoms with Gasteiger partial charge in [0.25, 0.3) is 0 Å². The molecule has 0 radical (unpaired) electrons. The van der Waals surface area contributed by atoms with E-state index in [0.717, 1.165) is 71.3 Å². The summed E-state index contributed by atoms with van der Waals surface area (Å²) in [5.41, 5.74) is 4.15. The number of rotatable bonds is 5. The molecule has 2 saturated heterocycles. The van der Waals surface area contributed by atoms with Crippen molar-refractivity contribution in [2.75, 3.05) is 63.6 Å². The highest BCUT2D eigenvalue weighted by molar-refractivity contribution is 8.00. The van der Waals surface area contributed by atoms with Crippen LogP contribution >= 0.6 is 11.8 Å². The summed E-state index contributed by atoms with van der Waals surface area (Å²) in [6.07, 6.45) is 4.41. The van der Waals surface area contributed by atoms with E-state index in [0.29, 0.717) is 0 Å². The number of anilines is 1. The lowest BCUT2D eigenvalue weighted by Crippen LogP contribution is -2.53. The van der Waals surface area contributed by atoms with Gasteiger partial charge in [0.1, 0.15) is 0 Å². The Balaban J connectivity index is 1.64. The number of ether oxygens (including phenoxy) is 1. The molecule has 6 heteroatoms. The molecule has 0 amide bonds. The normalized spacial score (nSPS) is 20.4. The Hall–Kier alpha value is -1.40. The molecule has 2 heterocycles. The summed E-state index contributed by atoms with van der Waals surface area (Å²) in [5, 5.41) is 3.53. The van der Waals surface area contributed by atoms with E-state index in [2.05, 4.69) is 60.3 Å². The van der Waals surface area contributed by atoms with Gasteiger partial charge in [-0.15, -0.1) is 0 Å². The molecule has 0 unspecified atom stereocenters. The van der Waals surface area contributed by atoms with Crippen molar-refractivity contribution in [3.05, 3.63) is 29.3 Å². The van der Waals surface area contributed by atoms with Crippen LogP contribution in [0.1, 0.15) is 30.9 Å². The second-order valence-corrected chi connectivity index (χ2v) is 9.14. The standard InChI is InChI=1S/C22H36N4OS/c1-5-23-21(24-17-22(28-4)9-15-27-16-10-22)26-13-11-25(12-14-26)20-8-6-7-18(2)19(20)3/h6-8H,5,9-17H2,1-4H3,(H,23,24). The Labute approximate surface area is 174 Å². The summed E-state index contributed by atoms with van der Waals surface area (Å²) in [4.78, 5) is 10.0. The van der Waals surface area contributed by atoms with Crippen LogP contribution < -0.4 is 10.2 Å². The van der Waals surface area contributed by atoms with Gasteiger partial charge in [0, 0.05) is 56.4 Å². The molecule has 0 aliphatic carbocycles. The Bertz CT molecular complexity index is 665. The van der Waals surface area contributed by atoms with Gasteiger partial charge in [-0.3, -0.25) is 4.99 Å². The zero-order valence-electron chi connectivity index (χ0n) is 18.0. The molecule has 28 heavy (non-hydrogen) atoms. The van der Waals surface area contributed by atoms with E-state index in [1.54, 1.807) is 0 Å². The van der Waals surface area contributed by atoms with Crippen LogP contribution in [0.15, 0.2) is 23.2 Å². The number of benzene rings is 1. The zero-order valence-corrected chi connectivity index (χ0v) is 18.8. The molecule has 0 bridgehead atoms. The molecule has 3 rings (SSSR count). The zero-order chi connectivity index (χ0) is 20.0. The summed E-state index contributed by atoms with van der Waals surface area (Å²) in [6, 6.07) is 6.62. The first-order chi connectivity index (χ1) is 13.6. The van der Waals surface area contributed by atoms with Crippen molar-refractivity contribution in [3.8, 4) is 0 Å². The molecule has 0 aromatic heterocycles. The van der Waals surface area contributed by atoms with Gasteiger partial charge in [0.15, 0.2) is 5.96 Å². The van der Waals surface area contributed by atoms with Crippen LogP contribution in [0.2, 0.25) is 0 Å². The van der Waals surface area contributed by atoms with Gasteiger partial charge < -0.3 is 19.9 Å². The van der Waals surface area contributed by atoms with E-state index in [1.165, 1.54) is 16.8 Å². The molecular weight excluding hydrogens is 368 g/mol. The Morgan fingerprint density at radius 3 is 2.54 bits per heavy atom. The average molecular weight is 405 g/mol. The lowest BCUT2D eigenvalue weighted by atomic mass is 9.99. The number of nitrogens with zero attached hydrogens (tertiary/aromatic N) is 3. The quantitative estimate of drug-likeness (QED) is 0.602. The number of aryl methyl sites for hydroxylation is 1. The molecule has 5 nitrogen and oxygen atoms in total. The summed E-state index contributed by atoms with van der Waals surface area (Å²) >= 11 is 1.96. The lowest BCUT2D eigenvalue weighted by Gasteiger charge is -2.39. The van der Waals surface area contributed by atoms with Crippen molar-refractivity contribution in [3.63, 3.8) is 0 Å². The fourth-order valence-electron chi connectivity index (χ4n) is 4.05. The number of thioether (sulfide) groups is 1. The third-order valence-corrected chi connectivity index (χ3v) is 7.59. The monoisotopic (exact) mass is 404 g/mol. The van der Waals surface area contributed by atoms with Gasteiger partial charge in [-0.05, 0) is 57.1 Å². The highest BCUT2D eigenvalue weighted by Crippen LogP contribution is 2.34. The maximum absolute atomic E-state index is 5.58. The number of hydrogen-bond acceptors (Lipinski definition) is 4. The van der Waals surface area contributed by atoms with Gasteiger partial charge in [-0.1, -0.05) is 12.1 Å². The van der Waals surface area contributed by atoms with Crippen molar-refractivity contribution in [2.45, 2.75) is 38.4 Å². The minimum Gasteiger partial charge on any atom is -0.381 e. The summed E-state index contributed by atoms with van der Waals surface area (Å²) in [7, 11) is 0. The Morgan fingerprint density at radius 1 is 1.18 bits per heavy atom.